The normalized spacial score (nSPS) is 11.7. The van der Waals surface area contributed by atoms with Crippen molar-refractivity contribution in [2.75, 3.05) is 26.8 Å². The number of aryl methyl sites for hydroxylation is 2. The Hall–Kier alpha value is -1.11. The van der Waals surface area contributed by atoms with Gasteiger partial charge in [0.1, 0.15) is 5.75 Å². The molecule has 162 valence electrons. The monoisotopic (exact) mass is 414 g/mol. The number of para-hydroxylation sites is 1. The fourth-order valence-electron chi connectivity index (χ4n) is 3.28. The molecule has 0 N–H and O–H groups in total. The number of rotatable bonds is 17. The molecule has 0 aliphatic heterocycles. The second kappa shape index (κ2) is 14.8. The molecule has 6 heteroatoms. The van der Waals surface area contributed by atoms with Crippen molar-refractivity contribution in [1.82, 2.24) is 0 Å². The molecule has 0 aliphatic rings. The van der Waals surface area contributed by atoms with Crippen molar-refractivity contribution in [2.45, 2.75) is 77.6 Å². The Morgan fingerprint density at radius 2 is 1.43 bits per heavy atom. The maximum Gasteiger partial charge on any atom is 0.264 e. The fourth-order valence-corrected chi connectivity index (χ4v) is 3.70. The van der Waals surface area contributed by atoms with Gasteiger partial charge in [-0.05, 0) is 37.3 Å². The zero-order valence-corrected chi connectivity index (χ0v) is 18.7. The summed E-state index contributed by atoms with van der Waals surface area (Å²) < 4.78 is 37.2. The Labute approximate surface area is 171 Å². The Morgan fingerprint density at radius 1 is 0.857 bits per heavy atom. The van der Waals surface area contributed by atoms with E-state index in [9.17, 15) is 8.42 Å². The van der Waals surface area contributed by atoms with Crippen molar-refractivity contribution in [3.63, 3.8) is 0 Å². The Morgan fingerprint density at radius 3 is 2.00 bits per heavy atom. The minimum atomic E-state index is -3.28. The number of hydrogen-bond donors (Lipinski definition) is 0. The van der Waals surface area contributed by atoms with Gasteiger partial charge in [-0.3, -0.25) is 4.18 Å². The van der Waals surface area contributed by atoms with Crippen LogP contribution in [0, 0.1) is 6.92 Å². The van der Waals surface area contributed by atoms with Gasteiger partial charge in [0.25, 0.3) is 10.1 Å². The first-order valence-electron chi connectivity index (χ1n) is 10.5. The van der Waals surface area contributed by atoms with Gasteiger partial charge in [-0.15, -0.1) is 0 Å². The molecule has 0 fully saturated rings. The molecule has 0 aliphatic carbocycles. The summed E-state index contributed by atoms with van der Waals surface area (Å²) in [4.78, 5) is 0. The van der Waals surface area contributed by atoms with Crippen LogP contribution < -0.4 is 4.74 Å². The van der Waals surface area contributed by atoms with E-state index in [1.807, 2.05) is 0 Å². The van der Waals surface area contributed by atoms with Crippen molar-refractivity contribution in [3.8, 4) is 5.75 Å². The molecule has 0 atom stereocenters. The van der Waals surface area contributed by atoms with Gasteiger partial charge in [-0.1, -0.05) is 69.6 Å². The van der Waals surface area contributed by atoms with Crippen LogP contribution in [0.15, 0.2) is 18.2 Å². The highest BCUT2D eigenvalue weighted by Crippen LogP contribution is 2.25. The average Bonchev–Trinajstić information content (AvgIpc) is 2.64. The molecule has 0 aromatic heterocycles. The predicted molar refractivity (Wildman–Crippen MR) is 114 cm³/mol. The molecule has 0 unspecified atom stereocenters. The summed E-state index contributed by atoms with van der Waals surface area (Å²) in [5, 5.41) is 0. The molecule has 5 nitrogen and oxygen atoms in total. The second-order valence-electron chi connectivity index (χ2n) is 7.43. The molecule has 28 heavy (non-hydrogen) atoms. The molecule has 1 aromatic carbocycles. The van der Waals surface area contributed by atoms with E-state index in [0.29, 0.717) is 13.4 Å². The summed E-state index contributed by atoms with van der Waals surface area (Å²) >= 11 is 0. The van der Waals surface area contributed by atoms with E-state index in [1.165, 1.54) is 50.5 Å². The van der Waals surface area contributed by atoms with Gasteiger partial charge >= 0.3 is 0 Å². The lowest BCUT2D eigenvalue weighted by atomic mass is 10.0. The van der Waals surface area contributed by atoms with Gasteiger partial charge < -0.3 is 9.47 Å². The van der Waals surface area contributed by atoms with Gasteiger partial charge in [0, 0.05) is 7.11 Å². The van der Waals surface area contributed by atoms with E-state index in [0.717, 1.165) is 43.3 Å². The minimum Gasteiger partial charge on any atom is -0.467 e. The first-order valence-corrected chi connectivity index (χ1v) is 12.3. The molecular weight excluding hydrogens is 376 g/mol. The average molecular weight is 415 g/mol. The number of unbranched alkanes of at least 4 members (excludes halogenated alkanes) is 9. The Bertz CT molecular complexity index is 628. The number of benzene rings is 1. The molecule has 0 spiro atoms. The van der Waals surface area contributed by atoms with Gasteiger partial charge in [-0.2, -0.15) is 8.42 Å². The molecule has 0 saturated heterocycles. The van der Waals surface area contributed by atoms with Crippen LogP contribution in [0.4, 0.5) is 0 Å². The topological polar surface area (TPSA) is 61.8 Å². The summed E-state index contributed by atoms with van der Waals surface area (Å²) in [6, 6.07) is 6.32. The number of methoxy groups -OCH3 is 1. The van der Waals surface area contributed by atoms with Crippen LogP contribution in [0.5, 0.6) is 5.75 Å². The van der Waals surface area contributed by atoms with Crippen LogP contribution in [-0.4, -0.2) is 35.2 Å². The van der Waals surface area contributed by atoms with Crippen LogP contribution >= 0.6 is 0 Å². The third-order valence-electron chi connectivity index (χ3n) is 4.75. The SMILES string of the molecule is COCOc1c(C)cccc1CCCCCCCCCCCCOS(C)(=O)=O. The summed E-state index contributed by atoms with van der Waals surface area (Å²) in [6.45, 7) is 2.69. The molecular formula is C22H38O5S. The van der Waals surface area contributed by atoms with Crippen molar-refractivity contribution in [2.24, 2.45) is 0 Å². The van der Waals surface area contributed by atoms with E-state index >= 15 is 0 Å². The molecule has 0 amide bonds. The minimum absolute atomic E-state index is 0.294. The van der Waals surface area contributed by atoms with Crippen LogP contribution in [0.1, 0.15) is 75.3 Å². The fraction of sp³-hybridized carbons (Fsp3) is 0.727. The predicted octanol–water partition coefficient (Wildman–Crippen LogP) is 5.40. The van der Waals surface area contributed by atoms with E-state index in [4.69, 9.17) is 13.7 Å². The summed E-state index contributed by atoms with van der Waals surface area (Å²) in [5.74, 6) is 0.978. The van der Waals surface area contributed by atoms with E-state index in [1.54, 1.807) is 7.11 Å². The highest BCUT2D eigenvalue weighted by Gasteiger charge is 2.06. The van der Waals surface area contributed by atoms with Crippen LogP contribution in [0.25, 0.3) is 0 Å². The lowest BCUT2D eigenvalue weighted by Crippen LogP contribution is -2.03. The largest absolute Gasteiger partial charge is 0.467 e. The lowest BCUT2D eigenvalue weighted by molar-refractivity contribution is 0.0499. The van der Waals surface area contributed by atoms with E-state index in [2.05, 4.69) is 25.1 Å². The molecule has 0 heterocycles. The van der Waals surface area contributed by atoms with E-state index < -0.39 is 10.1 Å². The molecule has 0 radical (unpaired) electrons. The second-order valence-corrected chi connectivity index (χ2v) is 9.07. The standard InChI is InChI=1S/C22H38O5S/c1-20-15-14-17-21(22(20)26-19-25-2)16-12-10-8-6-4-5-7-9-11-13-18-27-28(3,23)24/h14-15,17H,4-13,16,18-19H2,1-3H3. The number of hydrogen-bond acceptors (Lipinski definition) is 5. The summed E-state index contributed by atoms with van der Waals surface area (Å²) in [7, 11) is -1.63. The van der Waals surface area contributed by atoms with Crippen molar-refractivity contribution < 1.29 is 22.1 Å². The third-order valence-corrected chi connectivity index (χ3v) is 5.35. The van der Waals surface area contributed by atoms with Gasteiger partial charge in [0.2, 0.25) is 0 Å². The first kappa shape index (κ1) is 24.9. The first-order chi connectivity index (χ1) is 13.4. The third kappa shape index (κ3) is 12.4. The lowest BCUT2D eigenvalue weighted by Gasteiger charge is -2.13. The smallest absolute Gasteiger partial charge is 0.264 e. The summed E-state index contributed by atoms with van der Waals surface area (Å²) in [6.07, 6.45) is 14.0. The zero-order chi connectivity index (χ0) is 20.7. The highest BCUT2D eigenvalue weighted by molar-refractivity contribution is 7.85. The van der Waals surface area contributed by atoms with E-state index in [-0.39, 0.29) is 0 Å². The highest BCUT2D eigenvalue weighted by atomic mass is 32.2. The van der Waals surface area contributed by atoms with Crippen LogP contribution in [-0.2, 0) is 25.5 Å². The molecule has 1 aromatic rings. The maximum atomic E-state index is 10.8. The Balaban J connectivity index is 2.00. The Kier molecular flexibility index (Phi) is 13.2. The number of ether oxygens (including phenoxy) is 2. The molecule has 0 bridgehead atoms. The van der Waals surface area contributed by atoms with Crippen molar-refractivity contribution in [3.05, 3.63) is 29.3 Å². The zero-order valence-electron chi connectivity index (χ0n) is 17.9. The van der Waals surface area contributed by atoms with Crippen LogP contribution in [0.3, 0.4) is 0 Å². The van der Waals surface area contributed by atoms with Crippen LogP contribution in [0.2, 0.25) is 0 Å². The molecule has 1 rings (SSSR count). The van der Waals surface area contributed by atoms with Gasteiger partial charge in [0.05, 0.1) is 12.9 Å². The quantitative estimate of drug-likeness (QED) is 0.194. The molecule has 0 saturated carbocycles. The van der Waals surface area contributed by atoms with Gasteiger partial charge in [-0.25, -0.2) is 0 Å². The maximum absolute atomic E-state index is 10.8. The summed E-state index contributed by atoms with van der Waals surface area (Å²) in [5.41, 5.74) is 2.44. The van der Waals surface area contributed by atoms with Crippen molar-refractivity contribution >= 4 is 10.1 Å². The van der Waals surface area contributed by atoms with Gasteiger partial charge in [0.15, 0.2) is 6.79 Å². The van der Waals surface area contributed by atoms with Crippen molar-refractivity contribution in [1.29, 1.82) is 0 Å².